The first-order valence-corrected chi connectivity index (χ1v) is 10.2. The highest BCUT2D eigenvalue weighted by Gasteiger charge is 2.28. The lowest BCUT2D eigenvalue weighted by Crippen LogP contribution is -2.19. The first-order valence-electron chi connectivity index (χ1n) is 8.55. The Labute approximate surface area is 165 Å². The first-order chi connectivity index (χ1) is 13.1. The summed E-state index contributed by atoms with van der Waals surface area (Å²) in [6.45, 7) is -0.432. The number of anilines is 1. The van der Waals surface area contributed by atoms with Crippen LogP contribution in [-0.4, -0.2) is 25.4 Å². The summed E-state index contributed by atoms with van der Waals surface area (Å²) in [4.78, 5) is 29.4. The minimum atomic E-state index is -0.499. The van der Waals surface area contributed by atoms with Crippen LogP contribution >= 0.6 is 23.1 Å². The number of ketones is 1. The molecule has 0 unspecified atom stereocenters. The van der Waals surface area contributed by atoms with E-state index in [1.54, 1.807) is 0 Å². The summed E-state index contributed by atoms with van der Waals surface area (Å²) in [6, 6.07) is 11.5. The van der Waals surface area contributed by atoms with Crippen molar-refractivity contribution in [1.29, 1.82) is 5.26 Å². The number of thiophene rings is 1. The lowest BCUT2D eigenvalue weighted by molar-refractivity contribution is -0.118. The first kappa shape index (κ1) is 17.8. The molecule has 27 heavy (non-hydrogen) atoms. The monoisotopic (exact) mass is 396 g/mol. The molecular weight excluding hydrogens is 380 g/mol. The van der Waals surface area contributed by atoms with Crippen molar-refractivity contribution in [2.75, 3.05) is 18.6 Å². The van der Waals surface area contributed by atoms with Gasteiger partial charge in [0, 0.05) is 16.8 Å². The van der Waals surface area contributed by atoms with Crippen LogP contribution in [0.3, 0.4) is 0 Å². The third kappa shape index (κ3) is 3.27. The Hall–Kier alpha value is -2.56. The van der Waals surface area contributed by atoms with Gasteiger partial charge in [-0.05, 0) is 43.0 Å². The van der Waals surface area contributed by atoms with Crippen molar-refractivity contribution < 1.29 is 14.3 Å². The topological polar surface area (TPSA) is 70.4 Å². The number of esters is 1. The predicted molar refractivity (Wildman–Crippen MR) is 105 cm³/mol. The summed E-state index contributed by atoms with van der Waals surface area (Å²) in [5.74, 6) is -0.988. The van der Waals surface area contributed by atoms with E-state index in [0.29, 0.717) is 9.91 Å². The lowest BCUT2D eigenvalue weighted by Gasteiger charge is -2.14. The van der Waals surface area contributed by atoms with Gasteiger partial charge in [-0.1, -0.05) is 23.9 Å². The number of hydrogen-bond donors (Lipinski definition) is 0. The van der Waals surface area contributed by atoms with Gasteiger partial charge in [-0.15, -0.1) is 11.3 Å². The maximum absolute atomic E-state index is 12.5. The molecule has 1 aromatic carbocycles. The Bertz CT molecular complexity index is 995. The zero-order valence-corrected chi connectivity index (χ0v) is 16.3. The SMILES string of the molecule is CN1/C(=C(\C#N)C(=O)COC(=O)c2cc3c(s2)CCC3)Sc2ccccc21. The number of carbonyl (C=O) groups excluding carboxylic acids is 2. The average Bonchev–Trinajstić information content (AvgIpc) is 3.35. The number of benzene rings is 1. The zero-order valence-electron chi connectivity index (χ0n) is 14.7. The molecule has 0 N–H and O–H groups in total. The molecule has 0 radical (unpaired) electrons. The van der Waals surface area contributed by atoms with Crippen LogP contribution in [0.1, 0.15) is 26.5 Å². The predicted octanol–water partition coefficient (Wildman–Crippen LogP) is 3.94. The van der Waals surface area contributed by atoms with Gasteiger partial charge in [0.05, 0.1) is 5.69 Å². The van der Waals surface area contributed by atoms with E-state index in [0.717, 1.165) is 29.8 Å². The molecule has 0 saturated heterocycles. The van der Waals surface area contributed by atoms with Crippen molar-refractivity contribution in [2.45, 2.75) is 24.2 Å². The standard InChI is InChI=1S/C20H16N2O3S2/c1-22-14-6-2-3-7-17(14)27-19(22)13(10-21)15(23)11-25-20(24)18-9-12-5-4-8-16(12)26-18/h2-3,6-7,9H,4-5,8,11H2,1H3/b19-13-. The van der Waals surface area contributed by atoms with Crippen LogP contribution in [-0.2, 0) is 22.4 Å². The minimum Gasteiger partial charge on any atom is -0.453 e. The van der Waals surface area contributed by atoms with Gasteiger partial charge in [-0.25, -0.2) is 4.79 Å². The highest BCUT2D eigenvalue weighted by atomic mass is 32.2. The fourth-order valence-electron chi connectivity index (χ4n) is 3.25. The number of Topliss-reactive ketones (excluding diaryl/α,β-unsaturated/α-hetero) is 1. The molecule has 2 aromatic rings. The number of aryl methyl sites for hydroxylation is 2. The van der Waals surface area contributed by atoms with Crippen LogP contribution in [0.25, 0.3) is 0 Å². The molecule has 1 aliphatic carbocycles. The van der Waals surface area contributed by atoms with Crippen molar-refractivity contribution in [3.8, 4) is 6.07 Å². The Balaban J connectivity index is 1.47. The van der Waals surface area contributed by atoms with Crippen LogP contribution in [0.15, 0.2) is 45.8 Å². The van der Waals surface area contributed by atoms with Gasteiger partial charge < -0.3 is 9.64 Å². The maximum atomic E-state index is 12.5. The molecule has 0 bridgehead atoms. The Morgan fingerprint density at radius 3 is 2.85 bits per heavy atom. The number of ether oxygens (including phenoxy) is 1. The normalized spacial score (nSPS) is 16.5. The van der Waals surface area contributed by atoms with E-state index in [9.17, 15) is 14.9 Å². The summed E-state index contributed by atoms with van der Waals surface area (Å²) in [5.41, 5.74) is 2.17. The number of fused-ring (bicyclic) bond motifs is 2. The molecule has 1 aliphatic heterocycles. The quantitative estimate of drug-likeness (QED) is 0.443. The van der Waals surface area contributed by atoms with Crippen molar-refractivity contribution in [1.82, 2.24) is 0 Å². The van der Waals surface area contributed by atoms with E-state index in [1.165, 1.54) is 33.5 Å². The number of nitrogens with zero attached hydrogens (tertiary/aromatic N) is 2. The maximum Gasteiger partial charge on any atom is 0.348 e. The molecule has 4 rings (SSSR count). The molecule has 2 heterocycles. The lowest BCUT2D eigenvalue weighted by atomic mass is 10.2. The molecular formula is C20H16N2O3S2. The highest BCUT2D eigenvalue weighted by Crippen LogP contribution is 2.46. The van der Waals surface area contributed by atoms with Gasteiger partial charge in [-0.2, -0.15) is 5.26 Å². The smallest absolute Gasteiger partial charge is 0.348 e. The second-order valence-corrected chi connectivity index (χ2v) is 8.50. The van der Waals surface area contributed by atoms with Crippen LogP contribution in [0.4, 0.5) is 5.69 Å². The number of hydrogen-bond acceptors (Lipinski definition) is 7. The fraction of sp³-hybridized carbons (Fsp3) is 0.250. The van der Waals surface area contributed by atoms with E-state index in [-0.39, 0.29) is 5.57 Å². The van der Waals surface area contributed by atoms with E-state index >= 15 is 0 Å². The molecule has 7 heteroatoms. The molecule has 1 aromatic heterocycles. The third-order valence-corrected chi connectivity index (χ3v) is 7.08. The minimum absolute atomic E-state index is 0.0141. The molecule has 2 aliphatic rings. The molecule has 0 atom stereocenters. The number of carbonyl (C=O) groups is 2. The van der Waals surface area contributed by atoms with Gasteiger partial charge in [0.1, 0.15) is 21.5 Å². The zero-order chi connectivity index (χ0) is 19.0. The fourth-order valence-corrected chi connectivity index (χ4v) is 5.56. The number of nitriles is 1. The van der Waals surface area contributed by atoms with Gasteiger partial charge >= 0.3 is 5.97 Å². The second kappa shape index (κ2) is 7.22. The Kier molecular flexibility index (Phi) is 4.77. The summed E-state index contributed by atoms with van der Waals surface area (Å²) in [6.07, 6.45) is 3.12. The van der Waals surface area contributed by atoms with Crippen LogP contribution in [0.5, 0.6) is 0 Å². The molecule has 0 saturated carbocycles. The summed E-state index contributed by atoms with van der Waals surface area (Å²) < 4.78 is 5.19. The van der Waals surface area contributed by atoms with Crippen LogP contribution in [0.2, 0.25) is 0 Å². The van der Waals surface area contributed by atoms with Gasteiger partial charge in [0.15, 0.2) is 6.61 Å². The molecule has 5 nitrogen and oxygen atoms in total. The third-order valence-electron chi connectivity index (χ3n) is 4.62. The summed E-state index contributed by atoms with van der Waals surface area (Å²) in [5, 5.41) is 10.1. The average molecular weight is 396 g/mol. The molecule has 136 valence electrons. The van der Waals surface area contributed by atoms with Gasteiger partial charge in [-0.3, -0.25) is 4.79 Å². The molecule has 0 fully saturated rings. The van der Waals surface area contributed by atoms with E-state index in [1.807, 2.05) is 48.3 Å². The van der Waals surface area contributed by atoms with Crippen LogP contribution in [0, 0.1) is 11.3 Å². The van der Waals surface area contributed by atoms with Crippen molar-refractivity contribution in [3.63, 3.8) is 0 Å². The van der Waals surface area contributed by atoms with Crippen molar-refractivity contribution >= 4 is 40.5 Å². The summed E-state index contributed by atoms with van der Waals surface area (Å²) in [7, 11) is 1.82. The Morgan fingerprint density at radius 1 is 1.30 bits per heavy atom. The van der Waals surface area contributed by atoms with Crippen molar-refractivity contribution in [2.24, 2.45) is 0 Å². The molecule has 0 spiro atoms. The summed E-state index contributed by atoms with van der Waals surface area (Å²) >= 11 is 2.81. The van der Waals surface area contributed by atoms with Gasteiger partial charge in [0.25, 0.3) is 0 Å². The van der Waals surface area contributed by atoms with E-state index < -0.39 is 18.4 Å². The number of para-hydroxylation sites is 1. The Morgan fingerprint density at radius 2 is 2.11 bits per heavy atom. The second-order valence-electron chi connectivity index (χ2n) is 6.33. The largest absolute Gasteiger partial charge is 0.453 e. The van der Waals surface area contributed by atoms with E-state index in [2.05, 4.69) is 0 Å². The number of thioether (sulfide) groups is 1. The van der Waals surface area contributed by atoms with Gasteiger partial charge in [0.2, 0.25) is 5.78 Å². The van der Waals surface area contributed by atoms with Crippen molar-refractivity contribution in [3.05, 3.63) is 56.3 Å². The van der Waals surface area contributed by atoms with Crippen LogP contribution < -0.4 is 4.90 Å². The highest BCUT2D eigenvalue weighted by molar-refractivity contribution is 8.03. The number of rotatable bonds is 4. The molecule has 0 amide bonds. The van der Waals surface area contributed by atoms with E-state index in [4.69, 9.17) is 4.74 Å².